The maximum atomic E-state index is 12.3. The number of carbonyl (C=O) groups is 1. The molecule has 0 aliphatic carbocycles. The second-order valence-corrected chi connectivity index (χ2v) is 6.82. The normalized spacial score (nSPS) is 11.8. The van der Waals surface area contributed by atoms with Crippen LogP contribution in [0, 0.1) is 6.92 Å². The Kier molecular flexibility index (Phi) is 5.31. The van der Waals surface area contributed by atoms with Gasteiger partial charge in [0.25, 0.3) is 5.91 Å². The molecule has 0 aliphatic rings. The molecule has 3 rings (SSSR count). The number of nitrogens with one attached hydrogen (secondary N) is 1. The topological polar surface area (TPSA) is 64.1 Å². The molecule has 25 heavy (non-hydrogen) atoms. The van der Waals surface area contributed by atoms with Gasteiger partial charge in [-0.25, -0.2) is 0 Å². The molecule has 0 unspecified atom stereocenters. The predicted octanol–water partition coefficient (Wildman–Crippen LogP) is 4.57. The van der Waals surface area contributed by atoms with Crippen molar-refractivity contribution in [3.05, 3.63) is 59.1 Å². The third kappa shape index (κ3) is 4.35. The van der Waals surface area contributed by atoms with Crippen molar-refractivity contribution >= 4 is 34.0 Å². The molecule has 0 aliphatic heterocycles. The summed E-state index contributed by atoms with van der Waals surface area (Å²) in [6.07, 6.45) is -0.676. The van der Waals surface area contributed by atoms with Gasteiger partial charge in [-0.05, 0) is 37.6 Å². The third-order valence-electron chi connectivity index (χ3n) is 3.49. The maximum absolute atomic E-state index is 12.3. The average molecular weight is 374 g/mol. The summed E-state index contributed by atoms with van der Waals surface area (Å²) >= 11 is 7.31. The molecule has 0 radical (unpaired) electrons. The fraction of sp³-hybridized carbons (Fsp3) is 0.167. The highest BCUT2D eigenvalue weighted by molar-refractivity contribution is 7.18. The van der Waals surface area contributed by atoms with Gasteiger partial charge in [0.05, 0.1) is 0 Å². The largest absolute Gasteiger partial charge is 0.481 e. The van der Waals surface area contributed by atoms with E-state index in [1.807, 2.05) is 37.3 Å². The lowest BCUT2D eigenvalue weighted by molar-refractivity contribution is -0.122. The number of hydrogen-bond donors (Lipinski definition) is 1. The van der Waals surface area contributed by atoms with E-state index in [4.69, 9.17) is 16.3 Å². The summed E-state index contributed by atoms with van der Waals surface area (Å²) in [6, 6.07) is 15.0. The van der Waals surface area contributed by atoms with Crippen molar-refractivity contribution in [2.24, 2.45) is 0 Å². The van der Waals surface area contributed by atoms with Crippen LogP contribution in [0.5, 0.6) is 5.75 Å². The van der Waals surface area contributed by atoms with Crippen LogP contribution >= 0.6 is 22.9 Å². The van der Waals surface area contributed by atoms with E-state index in [0.29, 0.717) is 15.9 Å². The molecule has 1 N–H and O–H groups in total. The van der Waals surface area contributed by atoms with Crippen LogP contribution in [0.2, 0.25) is 5.02 Å². The van der Waals surface area contributed by atoms with Gasteiger partial charge in [0.2, 0.25) is 5.13 Å². The van der Waals surface area contributed by atoms with Crippen molar-refractivity contribution in [3.63, 3.8) is 0 Å². The Hall–Kier alpha value is -2.44. The van der Waals surface area contributed by atoms with Gasteiger partial charge in [0.1, 0.15) is 10.8 Å². The van der Waals surface area contributed by atoms with Gasteiger partial charge < -0.3 is 4.74 Å². The first kappa shape index (κ1) is 17.4. The van der Waals surface area contributed by atoms with E-state index >= 15 is 0 Å². The van der Waals surface area contributed by atoms with E-state index in [0.717, 1.165) is 16.1 Å². The fourth-order valence-electron chi connectivity index (χ4n) is 2.13. The lowest BCUT2D eigenvalue weighted by atomic mass is 10.2. The molecule has 2 aromatic carbocycles. The second-order valence-electron chi connectivity index (χ2n) is 5.44. The number of carbonyl (C=O) groups excluding carboxylic acids is 1. The highest BCUT2D eigenvalue weighted by Crippen LogP contribution is 2.26. The number of halogens is 1. The van der Waals surface area contributed by atoms with Crippen molar-refractivity contribution < 1.29 is 9.53 Å². The molecule has 0 saturated heterocycles. The van der Waals surface area contributed by atoms with Crippen LogP contribution in [0.4, 0.5) is 5.13 Å². The summed E-state index contributed by atoms with van der Waals surface area (Å²) in [5.41, 5.74) is 1.85. The van der Waals surface area contributed by atoms with E-state index in [9.17, 15) is 4.79 Å². The van der Waals surface area contributed by atoms with E-state index < -0.39 is 6.10 Å². The molecule has 1 amide bonds. The first-order chi connectivity index (χ1) is 12.0. The van der Waals surface area contributed by atoms with E-state index in [1.54, 1.807) is 25.1 Å². The van der Waals surface area contributed by atoms with Crippen LogP contribution in [0.25, 0.3) is 10.6 Å². The molecule has 7 heteroatoms. The Labute approximate surface area is 154 Å². The summed E-state index contributed by atoms with van der Waals surface area (Å²) in [6.45, 7) is 3.56. The van der Waals surface area contributed by atoms with Crippen LogP contribution in [0.1, 0.15) is 12.5 Å². The number of benzene rings is 2. The minimum atomic E-state index is -0.676. The summed E-state index contributed by atoms with van der Waals surface area (Å²) in [5, 5.41) is 12.7. The number of amides is 1. The first-order valence-corrected chi connectivity index (χ1v) is 8.85. The SMILES string of the molecule is Cc1cc(O[C@@H](C)C(=O)Nc2nnc(-c3ccccc3)s2)ccc1Cl. The van der Waals surface area contributed by atoms with Gasteiger partial charge in [-0.1, -0.05) is 53.3 Å². The molecule has 0 spiro atoms. The van der Waals surface area contributed by atoms with Crippen LogP contribution in [-0.4, -0.2) is 22.2 Å². The summed E-state index contributed by atoms with van der Waals surface area (Å²) < 4.78 is 5.66. The Morgan fingerprint density at radius 2 is 1.96 bits per heavy atom. The van der Waals surface area contributed by atoms with Gasteiger partial charge in [-0.3, -0.25) is 10.1 Å². The summed E-state index contributed by atoms with van der Waals surface area (Å²) in [5.74, 6) is 0.301. The van der Waals surface area contributed by atoms with Gasteiger partial charge >= 0.3 is 0 Å². The molecule has 1 atom stereocenters. The predicted molar refractivity (Wildman–Crippen MR) is 100 cm³/mol. The Morgan fingerprint density at radius 1 is 1.20 bits per heavy atom. The lowest BCUT2D eigenvalue weighted by Gasteiger charge is -2.14. The Balaban J connectivity index is 1.63. The number of hydrogen-bond acceptors (Lipinski definition) is 5. The minimum absolute atomic E-state index is 0.289. The first-order valence-electron chi connectivity index (χ1n) is 7.65. The number of rotatable bonds is 5. The van der Waals surface area contributed by atoms with Crippen LogP contribution in [0.15, 0.2) is 48.5 Å². The molecule has 5 nitrogen and oxygen atoms in total. The Bertz CT molecular complexity index is 883. The van der Waals surface area contributed by atoms with Crippen LogP contribution < -0.4 is 10.1 Å². The zero-order valence-corrected chi connectivity index (χ0v) is 15.3. The fourth-order valence-corrected chi connectivity index (χ4v) is 3.00. The Morgan fingerprint density at radius 3 is 2.68 bits per heavy atom. The van der Waals surface area contributed by atoms with Gasteiger partial charge in [0, 0.05) is 10.6 Å². The number of nitrogens with zero attached hydrogens (tertiary/aromatic N) is 2. The van der Waals surface area contributed by atoms with Crippen LogP contribution in [-0.2, 0) is 4.79 Å². The smallest absolute Gasteiger partial charge is 0.266 e. The highest BCUT2D eigenvalue weighted by atomic mass is 35.5. The van der Waals surface area contributed by atoms with Gasteiger partial charge in [-0.2, -0.15) is 0 Å². The summed E-state index contributed by atoms with van der Waals surface area (Å²) in [4.78, 5) is 12.3. The molecule has 1 aromatic heterocycles. The standard InChI is InChI=1S/C18H16ClN3O2S/c1-11-10-14(8-9-15(11)19)24-12(2)16(23)20-18-22-21-17(25-18)13-6-4-3-5-7-13/h3-10,12H,1-2H3,(H,20,22,23)/t12-/m0/s1. The zero-order valence-electron chi connectivity index (χ0n) is 13.7. The quantitative estimate of drug-likeness (QED) is 0.711. The molecule has 0 saturated carbocycles. The third-order valence-corrected chi connectivity index (χ3v) is 4.80. The van der Waals surface area contributed by atoms with Crippen molar-refractivity contribution in [2.45, 2.75) is 20.0 Å². The van der Waals surface area contributed by atoms with E-state index in [2.05, 4.69) is 15.5 Å². The van der Waals surface area contributed by atoms with Crippen LogP contribution in [0.3, 0.4) is 0 Å². The molecule has 3 aromatic rings. The average Bonchev–Trinajstić information content (AvgIpc) is 3.07. The molecule has 0 fully saturated rings. The van der Waals surface area contributed by atoms with E-state index in [-0.39, 0.29) is 5.91 Å². The van der Waals surface area contributed by atoms with Gasteiger partial charge in [0.15, 0.2) is 6.10 Å². The number of ether oxygens (including phenoxy) is 1. The minimum Gasteiger partial charge on any atom is -0.481 e. The van der Waals surface area contributed by atoms with Crippen molar-refractivity contribution in [3.8, 4) is 16.3 Å². The second kappa shape index (κ2) is 7.63. The van der Waals surface area contributed by atoms with Gasteiger partial charge in [-0.15, -0.1) is 10.2 Å². The monoisotopic (exact) mass is 373 g/mol. The van der Waals surface area contributed by atoms with Crippen molar-refractivity contribution in [1.82, 2.24) is 10.2 Å². The van der Waals surface area contributed by atoms with Crippen molar-refractivity contribution in [2.75, 3.05) is 5.32 Å². The molecule has 128 valence electrons. The lowest BCUT2D eigenvalue weighted by Crippen LogP contribution is -2.30. The van der Waals surface area contributed by atoms with Crippen molar-refractivity contribution in [1.29, 1.82) is 0 Å². The number of anilines is 1. The molecule has 1 heterocycles. The van der Waals surface area contributed by atoms with E-state index in [1.165, 1.54) is 11.3 Å². The zero-order chi connectivity index (χ0) is 17.8. The maximum Gasteiger partial charge on any atom is 0.266 e. The number of aryl methyl sites for hydroxylation is 1. The highest BCUT2D eigenvalue weighted by Gasteiger charge is 2.17. The number of aromatic nitrogens is 2. The summed E-state index contributed by atoms with van der Waals surface area (Å²) in [7, 11) is 0. The molecule has 0 bridgehead atoms. The molecular weight excluding hydrogens is 358 g/mol. The molecular formula is C18H16ClN3O2S.